The molecule has 0 saturated heterocycles. The second kappa shape index (κ2) is 5.68. The lowest BCUT2D eigenvalue weighted by Crippen LogP contribution is -2.26. The lowest BCUT2D eigenvalue weighted by Gasteiger charge is -2.27. The smallest absolute Gasteiger partial charge is 0.313 e. The van der Waals surface area contributed by atoms with Crippen molar-refractivity contribution >= 4 is 11.8 Å². The van der Waals surface area contributed by atoms with Crippen LogP contribution in [-0.4, -0.2) is 17.9 Å². The topological polar surface area (TPSA) is 43.4 Å². The van der Waals surface area contributed by atoms with Crippen LogP contribution in [0.1, 0.15) is 60.3 Å². The maximum atomic E-state index is 11.6. The summed E-state index contributed by atoms with van der Waals surface area (Å²) in [7, 11) is 0. The minimum atomic E-state index is -0.405. The van der Waals surface area contributed by atoms with Gasteiger partial charge in [0.15, 0.2) is 0 Å². The molecule has 3 nitrogen and oxygen atoms in total. The van der Waals surface area contributed by atoms with Gasteiger partial charge >= 0.3 is 5.97 Å². The van der Waals surface area contributed by atoms with Crippen molar-refractivity contribution < 1.29 is 14.3 Å². The summed E-state index contributed by atoms with van der Waals surface area (Å²) in [6.45, 7) is 9.94. The number of ketones is 1. The molecule has 1 rings (SSSR count). The molecule has 0 aliphatic heterocycles. The van der Waals surface area contributed by atoms with Crippen molar-refractivity contribution in [2.24, 2.45) is 5.41 Å². The predicted molar refractivity (Wildman–Crippen MR) is 71.2 cm³/mol. The molecule has 102 valence electrons. The van der Waals surface area contributed by atoms with Crippen LogP contribution in [0, 0.1) is 5.41 Å². The van der Waals surface area contributed by atoms with Crippen molar-refractivity contribution in [3.63, 3.8) is 0 Å². The van der Waals surface area contributed by atoms with E-state index in [4.69, 9.17) is 4.74 Å². The molecule has 3 heteroatoms. The molecule has 0 heterocycles. The van der Waals surface area contributed by atoms with Gasteiger partial charge in [-0.05, 0) is 51.0 Å². The van der Waals surface area contributed by atoms with Crippen LogP contribution in [0.4, 0.5) is 0 Å². The summed E-state index contributed by atoms with van der Waals surface area (Å²) in [6, 6.07) is 0. The molecule has 0 bridgehead atoms. The van der Waals surface area contributed by atoms with Crippen LogP contribution in [-0.2, 0) is 14.3 Å². The molecule has 0 saturated carbocycles. The molecule has 1 aliphatic carbocycles. The molecule has 1 aliphatic rings. The van der Waals surface area contributed by atoms with Gasteiger partial charge in [-0.1, -0.05) is 19.4 Å². The Balaban J connectivity index is 2.79. The average molecular weight is 252 g/mol. The number of allylic oxidation sites excluding steroid dienone is 1. The highest BCUT2D eigenvalue weighted by Gasteiger charge is 2.30. The Bertz CT molecular complexity index is 377. The Morgan fingerprint density at radius 2 is 1.94 bits per heavy atom. The van der Waals surface area contributed by atoms with Crippen molar-refractivity contribution in [3.05, 3.63) is 11.1 Å². The molecule has 0 fully saturated rings. The zero-order chi connectivity index (χ0) is 13.9. The molecule has 0 aromatic heterocycles. The second-order valence-electron chi connectivity index (χ2n) is 6.19. The van der Waals surface area contributed by atoms with Gasteiger partial charge in [0.25, 0.3) is 0 Å². The number of carbonyl (C=O) groups excluding carboxylic acids is 2. The highest BCUT2D eigenvalue weighted by atomic mass is 16.5. The summed E-state index contributed by atoms with van der Waals surface area (Å²) in [5.41, 5.74) is 2.62. The Morgan fingerprint density at radius 1 is 1.33 bits per heavy atom. The van der Waals surface area contributed by atoms with Crippen molar-refractivity contribution in [2.75, 3.05) is 0 Å². The minimum Gasteiger partial charge on any atom is -0.457 e. The van der Waals surface area contributed by atoms with Gasteiger partial charge in [-0.25, -0.2) is 0 Å². The zero-order valence-electron chi connectivity index (χ0n) is 12.1. The third kappa shape index (κ3) is 4.28. The van der Waals surface area contributed by atoms with Gasteiger partial charge in [0, 0.05) is 0 Å². The molecule has 0 aromatic carbocycles. The molecule has 1 atom stereocenters. The van der Waals surface area contributed by atoms with Crippen LogP contribution in [0.15, 0.2) is 11.1 Å². The van der Waals surface area contributed by atoms with Crippen molar-refractivity contribution in [1.82, 2.24) is 0 Å². The van der Waals surface area contributed by atoms with E-state index >= 15 is 0 Å². The van der Waals surface area contributed by atoms with Gasteiger partial charge in [0.05, 0.1) is 0 Å². The largest absolute Gasteiger partial charge is 0.457 e. The van der Waals surface area contributed by atoms with Gasteiger partial charge in [0.2, 0.25) is 0 Å². The normalized spacial score (nSPS) is 23.5. The highest BCUT2D eigenvalue weighted by molar-refractivity contribution is 5.94. The first-order chi connectivity index (χ1) is 8.21. The van der Waals surface area contributed by atoms with Crippen LogP contribution in [0.2, 0.25) is 0 Å². The van der Waals surface area contributed by atoms with Gasteiger partial charge in [-0.2, -0.15) is 0 Å². The predicted octanol–water partition coefficient (Wildman–Crippen LogP) is 3.42. The minimum absolute atomic E-state index is 0.122. The van der Waals surface area contributed by atoms with Crippen LogP contribution < -0.4 is 0 Å². The third-order valence-electron chi connectivity index (χ3n) is 3.74. The molecule has 0 aromatic rings. The van der Waals surface area contributed by atoms with E-state index in [1.165, 1.54) is 12.5 Å². The first-order valence-corrected chi connectivity index (χ1v) is 6.56. The maximum Gasteiger partial charge on any atom is 0.313 e. The van der Waals surface area contributed by atoms with E-state index in [9.17, 15) is 9.59 Å². The van der Waals surface area contributed by atoms with Crippen LogP contribution in [0.3, 0.4) is 0 Å². The summed E-state index contributed by atoms with van der Waals surface area (Å²) in [5.74, 6) is -0.552. The quantitative estimate of drug-likeness (QED) is 0.439. The molecule has 18 heavy (non-hydrogen) atoms. The van der Waals surface area contributed by atoms with Gasteiger partial charge < -0.3 is 4.74 Å². The van der Waals surface area contributed by atoms with E-state index in [0.717, 1.165) is 24.8 Å². The van der Waals surface area contributed by atoms with E-state index in [1.807, 2.05) is 6.92 Å². The van der Waals surface area contributed by atoms with E-state index in [0.29, 0.717) is 0 Å². The fraction of sp³-hybridized carbons (Fsp3) is 0.733. The number of rotatable bonds is 3. The number of Topliss-reactive ketones (excluding diaryl/α,β-unsaturated/α-hetero) is 1. The first-order valence-electron chi connectivity index (χ1n) is 6.56. The lowest BCUT2D eigenvalue weighted by atomic mass is 9.83. The van der Waals surface area contributed by atoms with E-state index in [2.05, 4.69) is 20.8 Å². The number of esters is 1. The standard InChI is InChI=1S/C15H24O3/c1-10-6-7-15(4,5)9-13(12(10)3)18-14(17)8-11(2)16/h13H,6-9H2,1-5H3. The summed E-state index contributed by atoms with van der Waals surface area (Å²) in [6.07, 6.45) is 2.70. The first kappa shape index (κ1) is 14.9. The molecule has 0 radical (unpaired) electrons. The second-order valence-corrected chi connectivity index (χ2v) is 6.19. The van der Waals surface area contributed by atoms with Crippen molar-refractivity contribution in [2.45, 2.75) is 66.4 Å². The molecule has 0 spiro atoms. The fourth-order valence-corrected chi connectivity index (χ4v) is 2.29. The van der Waals surface area contributed by atoms with Crippen LogP contribution in [0.25, 0.3) is 0 Å². The summed E-state index contributed by atoms with van der Waals surface area (Å²) < 4.78 is 5.48. The maximum absolute atomic E-state index is 11.6. The Hall–Kier alpha value is -1.12. The van der Waals surface area contributed by atoms with Crippen LogP contribution in [0.5, 0.6) is 0 Å². The van der Waals surface area contributed by atoms with E-state index in [-0.39, 0.29) is 23.7 Å². The van der Waals surface area contributed by atoms with Gasteiger partial charge in [0.1, 0.15) is 18.3 Å². The summed E-state index contributed by atoms with van der Waals surface area (Å²) in [5, 5.41) is 0. The fourth-order valence-electron chi connectivity index (χ4n) is 2.29. The lowest BCUT2D eigenvalue weighted by molar-refractivity contribution is -0.150. The van der Waals surface area contributed by atoms with Gasteiger partial charge in [-0.15, -0.1) is 0 Å². The summed E-state index contributed by atoms with van der Waals surface area (Å²) >= 11 is 0. The number of hydrogen-bond acceptors (Lipinski definition) is 3. The third-order valence-corrected chi connectivity index (χ3v) is 3.74. The summed E-state index contributed by atoms with van der Waals surface area (Å²) in [4.78, 5) is 22.6. The Morgan fingerprint density at radius 3 is 2.50 bits per heavy atom. The molecular weight excluding hydrogens is 228 g/mol. The number of carbonyl (C=O) groups is 2. The van der Waals surface area contributed by atoms with Crippen LogP contribution >= 0.6 is 0 Å². The molecule has 1 unspecified atom stereocenters. The van der Waals surface area contributed by atoms with E-state index in [1.54, 1.807) is 0 Å². The van der Waals surface area contributed by atoms with Crippen molar-refractivity contribution in [3.8, 4) is 0 Å². The monoisotopic (exact) mass is 252 g/mol. The number of hydrogen-bond donors (Lipinski definition) is 0. The molecular formula is C15H24O3. The Kier molecular flexibility index (Phi) is 4.71. The van der Waals surface area contributed by atoms with E-state index < -0.39 is 5.97 Å². The zero-order valence-corrected chi connectivity index (χ0v) is 12.1. The highest BCUT2D eigenvalue weighted by Crippen LogP contribution is 2.37. The molecule has 0 amide bonds. The molecule has 0 N–H and O–H groups in total. The number of ether oxygens (including phenoxy) is 1. The SMILES string of the molecule is CC(=O)CC(=O)OC1CC(C)(C)CCC(C)=C1C. The Labute approximate surface area is 110 Å². The van der Waals surface area contributed by atoms with Crippen molar-refractivity contribution in [1.29, 1.82) is 0 Å². The average Bonchev–Trinajstić information content (AvgIpc) is 2.30. The van der Waals surface area contributed by atoms with Gasteiger partial charge in [-0.3, -0.25) is 9.59 Å².